The van der Waals surface area contributed by atoms with Gasteiger partial charge in [-0.25, -0.2) is 4.39 Å². The summed E-state index contributed by atoms with van der Waals surface area (Å²) >= 11 is 5.70. The van der Waals surface area contributed by atoms with Crippen molar-refractivity contribution >= 4 is 17.5 Å². The lowest BCUT2D eigenvalue weighted by Crippen LogP contribution is -2.37. The second-order valence-electron chi connectivity index (χ2n) is 4.19. The van der Waals surface area contributed by atoms with E-state index in [4.69, 9.17) is 16.3 Å². The Morgan fingerprint density at radius 1 is 1.59 bits per heavy atom. The quantitative estimate of drug-likeness (QED) is 0.898. The van der Waals surface area contributed by atoms with Crippen LogP contribution in [0, 0.1) is 5.82 Å². The third-order valence-electron chi connectivity index (χ3n) is 2.85. The van der Waals surface area contributed by atoms with Crippen LogP contribution in [0.4, 0.5) is 4.39 Å². The summed E-state index contributed by atoms with van der Waals surface area (Å²) in [4.78, 5) is 11.5. The molecule has 0 unspecified atom stereocenters. The van der Waals surface area contributed by atoms with Crippen LogP contribution in [0.3, 0.4) is 0 Å². The van der Waals surface area contributed by atoms with Crippen molar-refractivity contribution in [2.24, 2.45) is 0 Å². The van der Waals surface area contributed by atoms with Gasteiger partial charge >= 0.3 is 0 Å². The Labute approximate surface area is 104 Å². The SMILES string of the molecule is COCC(=O)NC1(c2ccc(Cl)cc2F)CC1. The largest absolute Gasteiger partial charge is 0.375 e. The number of halogens is 2. The molecule has 0 radical (unpaired) electrons. The number of hydrogen-bond acceptors (Lipinski definition) is 2. The Bertz CT molecular complexity index is 446. The van der Waals surface area contributed by atoms with Crippen LogP contribution in [0.2, 0.25) is 5.02 Å². The molecule has 1 aromatic rings. The number of carbonyl (C=O) groups excluding carboxylic acids is 1. The van der Waals surface area contributed by atoms with Crippen LogP contribution in [-0.4, -0.2) is 19.6 Å². The van der Waals surface area contributed by atoms with Gasteiger partial charge in [0.05, 0.1) is 5.54 Å². The van der Waals surface area contributed by atoms with Gasteiger partial charge in [-0.1, -0.05) is 17.7 Å². The lowest BCUT2D eigenvalue weighted by atomic mass is 10.0. The molecule has 3 nitrogen and oxygen atoms in total. The Morgan fingerprint density at radius 3 is 2.82 bits per heavy atom. The lowest BCUT2D eigenvalue weighted by molar-refractivity contribution is -0.125. The van der Waals surface area contributed by atoms with Gasteiger partial charge < -0.3 is 10.1 Å². The molecule has 0 spiro atoms. The highest BCUT2D eigenvalue weighted by atomic mass is 35.5. The molecule has 0 aromatic heterocycles. The normalized spacial score (nSPS) is 16.6. The fourth-order valence-electron chi connectivity index (χ4n) is 1.90. The molecule has 0 bridgehead atoms. The zero-order valence-corrected chi connectivity index (χ0v) is 10.2. The maximum absolute atomic E-state index is 13.8. The van der Waals surface area contributed by atoms with Crippen molar-refractivity contribution in [2.45, 2.75) is 18.4 Å². The molecule has 1 N–H and O–H groups in total. The Morgan fingerprint density at radius 2 is 2.29 bits per heavy atom. The fourth-order valence-corrected chi connectivity index (χ4v) is 2.06. The summed E-state index contributed by atoms with van der Waals surface area (Å²) in [6, 6.07) is 4.51. The molecule has 0 atom stereocenters. The Balaban J connectivity index is 2.18. The van der Waals surface area contributed by atoms with Crippen LogP contribution in [0.25, 0.3) is 0 Å². The molecule has 2 rings (SSSR count). The number of ether oxygens (including phenoxy) is 1. The molecular formula is C12H13ClFNO2. The average Bonchev–Trinajstić information content (AvgIpc) is 2.98. The van der Waals surface area contributed by atoms with Crippen LogP contribution in [-0.2, 0) is 15.1 Å². The first-order chi connectivity index (χ1) is 8.07. The van der Waals surface area contributed by atoms with Crippen LogP contribution in [0.15, 0.2) is 18.2 Å². The predicted molar refractivity (Wildman–Crippen MR) is 62.3 cm³/mol. The van der Waals surface area contributed by atoms with E-state index >= 15 is 0 Å². The van der Waals surface area contributed by atoms with E-state index in [9.17, 15) is 9.18 Å². The third kappa shape index (κ3) is 2.58. The molecule has 1 saturated carbocycles. The first kappa shape index (κ1) is 12.3. The first-order valence-electron chi connectivity index (χ1n) is 5.33. The summed E-state index contributed by atoms with van der Waals surface area (Å²) in [5, 5.41) is 3.15. The summed E-state index contributed by atoms with van der Waals surface area (Å²) in [7, 11) is 1.45. The topological polar surface area (TPSA) is 38.3 Å². The second-order valence-corrected chi connectivity index (χ2v) is 4.62. The highest BCUT2D eigenvalue weighted by Crippen LogP contribution is 2.46. The Kier molecular flexibility index (Phi) is 3.35. The van der Waals surface area contributed by atoms with E-state index in [1.165, 1.54) is 13.2 Å². The van der Waals surface area contributed by atoms with E-state index in [1.54, 1.807) is 12.1 Å². The lowest BCUT2D eigenvalue weighted by Gasteiger charge is -2.18. The van der Waals surface area contributed by atoms with Crippen molar-refractivity contribution in [3.8, 4) is 0 Å². The molecule has 1 aromatic carbocycles. The monoisotopic (exact) mass is 257 g/mol. The number of hydrogen-bond donors (Lipinski definition) is 1. The number of carbonyl (C=O) groups is 1. The van der Waals surface area contributed by atoms with Crippen molar-refractivity contribution in [1.82, 2.24) is 5.32 Å². The minimum atomic E-state index is -0.565. The van der Waals surface area contributed by atoms with Gasteiger partial charge in [0.1, 0.15) is 12.4 Å². The molecule has 92 valence electrons. The van der Waals surface area contributed by atoms with Gasteiger partial charge in [0.15, 0.2) is 0 Å². The van der Waals surface area contributed by atoms with Crippen LogP contribution in [0.1, 0.15) is 18.4 Å². The van der Waals surface area contributed by atoms with E-state index in [0.29, 0.717) is 10.6 Å². The van der Waals surface area contributed by atoms with Crippen LogP contribution < -0.4 is 5.32 Å². The molecule has 0 heterocycles. The summed E-state index contributed by atoms with van der Waals surface area (Å²) in [6.45, 7) is -0.0169. The number of amides is 1. The van der Waals surface area contributed by atoms with Crippen molar-refractivity contribution in [3.63, 3.8) is 0 Å². The summed E-state index contributed by atoms with van der Waals surface area (Å²) in [6.07, 6.45) is 1.47. The van der Waals surface area contributed by atoms with Gasteiger partial charge in [-0.15, -0.1) is 0 Å². The zero-order valence-electron chi connectivity index (χ0n) is 9.43. The van der Waals surface area contributed by atoms with Gasteiger partial charge in [-0.3, -0.25) is 4.79 Å². The van der Waals surface area contributed by atoms with Crippen LogP contribution >= 0.6 is 11.6 Å². The van der Waals surface area contributed by atoms with Crippen molar-refractivity contribution in [2.75, 3.05) is 13.7 Å². The van der Waals surface area contributed by atoms with Gasteiger partial charge in [-0.2, -0.15) is 0 Å². The van der Waals surface area contributed by atoms with Gasteiger partial charge in [0, 0.05) is 17.7 Å². The number of nitrogens with one attached hydrogen (secondary N) is 1. The highest BCUT2D eigenvalue weighted by molar-refractivity contribution is 6.30. The van der Waals surface area contributed by atoms with Crippen molar-refractivity contribution < 1.29 is 13.9 Å². The van der Waals surface area contributed by atoms with Crippen LogP contribution in [0.5, 0.6) is 0 Å². The van der Waals surface area contributed by atoms with E-state index in [1.807, 2.05) is 0 Å². The summed E-state index contributed by atoms with van der Waals surface area (Å²) in [5.74, 6) is -0.618. The zero-order chi connectivity index (χ0) is 12.5. The molecule has 1 aliphatic rings. The molecule has 0 aliphatic heterocycles. The van der Waals surface area contributed by atoms with Crippen molar-refractivity contribution in [3.05, 3.63) is 34.6 Å². The maximum Gasteiger partial charge on any atom is 0.246 e. The number of methoxy groups -OCH3 is 1. The number of rotatable bonds is 4. The maximum atomic E-state index is 13.8. The standard InChI is InChI=1S/C12H13ClFNO2/c1-17-7-11(16)15-12(4-5-12)9-3-2-8(13)6-10(9)14/h2-3,6H,4-5,7H2,1H3,(H,15,16). The summed E-state index contributed by atoms with van der Waals surface area (Å²) in [5.41, 5.74) is -0.0732. The molecular weight excluding hydrogens is 245 g/mol. The smallest absolute Gasteiger partial charge is 0.246 e. The molecule has 1 amide bonds. The average molecular weight is 258 g/mol. The van der Waals surface area contributed by atoms with Gasteiger partial charge in [0.2, 0.25) is 5.91 Å². The molecule has 5 heteroatoms. The number of benzene rings is 1. The predicted octanol–water partition coefficient (Wildman–Crippen LogP) is 2.23. The molecule has 17 heavy (non-hydrogen) atoms. The summed E-state index contributed by atoms with van der Waals surface area (Å²) < 4.78 is 18.5. The Hall–Kier alpha value is -1.13. The third-order valence-corrected chi connectivity index (χ3v) is 3.09. The minimum Gasteiger partial charge on any atom is -0.375 e. The van der Waals surface area contributed by atoms with Crippen molar-refractivity contribution in [1.29, 1.82) is 0 Å². The first-order valence-corrected chi connectivity index (χ1v) is 5.71. The molecule has 1 fully saturated rings. The second kappa shape index (κ2) is 4.63. The van der Waals surface area contributed by atoms with E-state index < -0.39 is 5.54 Å². The van der Waals surface area contributed by atoms with E-state index in [0.717, 1.165) is 12.8 Å². The van der Waals surface area contributed by atoms with E-state index in [-0.39, 0.29) is 18.3 Å². The molecule has 1 aliphatic carbocycles. The molecule has 0 saturated heterocycles. The van der Waals surface area contributed by atoms with Gasteiger partial charge in [0.25, 0.3) is 0 Å². The fraction of sp³-hybridized carbons (Fsp3) is 0.417. The van der Waals surface area contributed by atoms with Gasteiger partial charge in [-0.05, 0) is 25.0 Å². The highest BCUT2D eigenvalue weighted by Gasteiger charge is 2.47. The van der Waals surface area contributed by atoms with E-state index in [2.05, 4.69) is 5.32 Å². The minimum absolute atomic E-state index is 0.0169.